The van der Waals surface area contributed by atoms with Crippen LogP contribution in [0.2, 0.25) is 0 Å². The van der Waals surface area contributed by atoms with E-state index in [2.05, 4.69) is 5.43 Å². The number of carboxylic acid groups (broad SMARTS) is 1. The number of amides is 2. The van der Waals surface area contributed by atoms with Crippen LogP contribution >= 0.6 is 0 Å². The maximum absolute atomic E-state index is 12.3. The van der Waals surface area contributed by atoms with E-state index in [-0.39, 0.29) is 29.2 Å². The minimum absolute atomic E-state index is 0.0955. The van der Waals surface area contributed by atoms with E-state index in [0.29, 0.717) is 18.5 Å². The largest absolute Gasteiger partial charge is 0.478 e. The van der Waals surface area contributed by atoms with Crippen molar-refractivity contribution < 1.29 is 19.5 Å². The number of nitrogens with zero attached hydrogens (tertiary/aromatic N) is 1. The second-order valence-electron chi connectivity index (χ2n) is 5.17. The molecule has 1 aromatic rings. The highest BCUT2D eigenvalue weighted by molar-refractivity contribution is 6.06. The number of carboxylic acids is 1. The molecule has 2 unspecified atom stereocenters. The number of hydrazine groups is 1. The van der Waals surface area contributed by atoms with E-state index in [4.69, 9.17) is 5.11 Å². The number of carbonyl (C=O) groups excluding carboxylic acids is 2. The monoisotopic (exact) mass is 286 g/mol. The predicted octanol–water partition coefficient (Wildman–Crippen LogP) is 1.66. The normalized spacial score (nSPS) is 24.1. The van der Waals surface area contributed by atoms with Crippen LogP contribution in [0, 0.1) is 11.8 Å². The molecule has 1 aromatic carbocycles. The lowest BCUT2D eigenvalue weighted by atomic mass is 9.85. The van der Waals surface area contributed by atoms with E-state index >= 15 is 0 Å². The Labute approximate surface area is 121 Å². The number of aromatic carboxylic acids is 1. The first-order valence-electron chi connectivity index (χ1n) is 6.71. The maximum Gasteiger partial charge on any atom is 0.335 e. The van der Waals surface area contributed by atoms with Crippen molar-refractivity contribution >= 4 is 23.5 Å². The molecule has 108 valence electrons. The molecular formula is C15H14N2O4. The quantitative estimate of drug-likeness (QED) is 0.652. The lowest BCUT2D eigenvalue weighted by Gasteiger charge is -2.17. The first-order valence-corrected chi connectivity index (χ1v) is 6.71. The minimum atomic E-state index is -1.06. The molecule has 1 aliphatic carbocycles. The molecule has 0 aromatic heterocycles. The van der Waals surface area contributed by atoms with Gasteiger partial charge in [-0.1, -0.05) is 18.2 Å². The smallest absolute Gasteiger partial charge is 0.335 e. The van der Waals surface area contributed by atoms with Crippen LogP contribution in [-0.4, -0.2) is 27.9 Å². The predicted molar refractivity (Wildman–Crippen MR) is 74.2 cm³/mol. The fourth-order valence-corrected chi connectivity index (χ4v) is 2.76. The number of imide groups is 1. The van der Waals surface area contributed by atoms with Crippen molar-refractivity contribution in [2.75, 3.05) is 5.43 Å². The Morgan fingerprint density at radius 3 is 2.33 bits per heavy atom. The van der Waals surface area contributed by atoms with Crippen LogP contribution < -0.4 is 5.43 Å². The molecule has 0 bridgehead atoms. The van der Waals surface area contributed by atoms with Crippen molar-refractivity contribution in [3.05, 3.63) is 42.0 Å². The van der Waals surface area contributed by atoms with E-state index in [1.54, 1.807) is 12.1 Å². The van der Waals surface area contributed by atoms with Crippen LogP contribution in [-0.2, 0) is 9.59 Å². The van der Waals surface area contributed by atoms with Gasteiger partial charge in [0.05, 0.1) is 23.1 Å². The second-order valence-corrected chi connectivity index (χ2v) is 5.17. The molecule has 0 spiro atoms. The van der Waals surface area contributed by atoms with Gasteiger partial charge in [-0.2, -0.15) is 5.01 Å². The average Bonchev–Trinajstić information content (AvgIpc) is 2.73. The maximum atomic E-state index is 12.3. The number of hydrogen-bond acceptors (Lipinski definition) is 4. The number of nitrogens with one attached hydrogen (secondary N) is 1. The number of rotatable bonds is 3. The summed E-state index contributed by atoms with van der Waals surface area (Å²) in [6, 6.07) is 6.02. The molecule has 0 saturated carbocycles. The topological polar surface area (TPSA) is 86.7 Å². The molecule has 2 N–H and O–H groups in total. The fourth-order valence-electron chi connectivity index (χ4n) is 2.76. The summed E-state index contributed by atoms with van der Waals surface area (Å²) in [4.78, 5) is 35.5. The fraction of sp³-hybridized carbons (Fsp3) is 0.267. The number of hydrogen-bond donors (Lipinski definition) is 2. The molecule has 1 heterocycles. The Hall–Kier alpha value is -2.63. The van der Waals surface area contributed by atoms with Gasteiger partial charge in [-0.05, 0) is 31.0 Å². The molecule has 1 aliphatic heterocycles. The van der Waals surface area contributed by atoms with Crippen molar-refractivity contribution in [3.63, 3.8) is 0 Å². The molecule has 1 fully saturated rings. The molecule has 2 aliphatic rings. The Morgan fingerprint density at radius 1 is 1.14 bits per heavy atom. The van der Waals surface area contributed by atoms with E-state index in [0.717, 1.165) is 5.01 Å². The van der Waals surface area contributed by atoms with E-state index in [1.807, 2.05) is 12.2 Å². The van der Waals surface area contributed by atoms with E-state index in [1.165, 1.54) is 12.1 Å². The van der Waals surface area contributed by atoms with Gasteiger partial charge >= 0.3 is 5.97 Å². The number of carbonyl (C=O) groups is 3. The van der Waals surface area contributed by atoms with Gasteiger partial charge in [0.25, 0.3) is 11.8 Å². The third-order valence-electron chi connectivity index (χ3n) is 3.86. The molecule has 0 radical (unpaired) electrons. The molecule has 2 amide bonds. The summed E-state index contributed by atoms with van der Waals surface area (Å²) in [5.74, 6) is -2.18. The highest BCUT2D eigenvalue weighted by Crippen LogP contribution is 2.35. The molecular weight excluding hydrogens is 272 g/mol. The van der Waals surface area contributed by atoms with E-state index < -0.39 is 5.97 Å². The highest BCUT2D eigenvalue weighted by atomic mass is 16.4. The summed E-state index contributed by atoms with van der Waals surface area (Å²) in [6.45, 7) is 0. The van der Waals surface area contributed by atoms with Crippen molar-refractivity contribution in [2.24, 2.45) is 11.8 Å². The van der Waals surface area contributed by atoms with Crippen LogP contribution in [0.4, 0.5) is 5.69 Å². The average molecular weight is 286 g/mol. The molecule has 2 atom stereocenters. The van der Waals surface area contributed by atoms with Gasteiger partial charge in [-0.25, -0.2) is 4.79 Å². The summed E-state index contributed by atoms with van der Waals surface area (Å²) >= 11 is 0. The van der Waals surface area contributed by atoms with Gasteiger partial charge in [-0.3, -0.25) is 15.0 Å². The molecule has 21 heavy (non-hydrogen) atoms. The number of benzene rings is 1. The van der Waals surface area contributed by atoms with Crippen LogP contribution in [0.3, 0.4) is 0 Å². The van der Waals surface area contributed by atoms with Crippen LogP contribution in [0.25, 0.3) is 0 Å². The Balaban J connectivity index is 1.82. The molecule has 6 heteroatoms. The Kier molecular flexibility index (Phi) is 3.21. The summed E-state index contributed by atoms with van der Waals surface area (Å²) in [5, 5.41) is 9.98. The van der Waals surface area contributed by atoms with Crippen molar-refractivity contribution in [1.82, 2.24) is 5.01 Å². The van der Waals surface area contributed by atoms with Crippen molar-refractivity contribution in [1.29, 1.82) is 0 Å². The third-order valence-corrected chi connectivity index (χ3v) is 3.86. The van der Waals surface area contributed by atoms with Gasteiger partial charge in [0.1, 0.15) is 0 Å². The summed E-state index contributed by atoms with van der Waals surface area (Å²) in [6.07, 6.45) is 4.98. The minimum Gasteiger partial charge on any atom is -0.478 e. The second kappa shape index (κ2) is 5.05. The molecule has 3 rings (SSSR count). The lowest BCUT2D eigenvalue weighted by Crippen LogP contribution is -2.36. The zero-order chi connectivity index (χ0) is 15.0. The van der Waals surface area contributed by atoms with Gasteiger partial charge < -0.3 is 5.11 Å². The summed E-state index contributed by atoms with van der Waals surface area (Å²) < 4.78 is 0. The Morgan fingerprint density at radius 2 is 1.76 bits per heavy atom. The zero-order valence-electron chi connectivity index (χ0n) is 11.2. The van der Waals surface area contributed by atoms with Crippen LogP contribution in [0.15, 0.2) is 36.4 Å². The summed E-state index contributed by atoms with van der Waals surface area (Å²) in [7, 11) is 0. The standard InChI is InChI=1S/C15H14N2O4/c18-13-11-6-1-2-7-12(11)14(19)17(13)16-10-5-3-4-9(8-10)15(20)21/h1-5,8,11-12,16H,6-7H2,(H,20,21). The first-order chi connectivity index (χ1) is 10.1. The number of fused-ring (bicyclic) bond motifs is 1. The molecule has 6 nitrogen and oxygen atoms in total. The third kappa shape index (κ3) is 2.29. The zero-order valence-corrected chi connectivity index (χ0v) is 11.2. The van der Waals surface area contributed by atoms with Gasteiger partial charge in [0.15, 0.2) is 0 Å². The van der Waals surface area contributed by atoms with Gasteiger partial charge in [0, 0.05) is 0 Å². The van der Waals surface area contributed by atoms with Gasteiger partial charge in [0.2, 0.25) is 0 Å². The molecule has 1 saturated heterocycles. The first kappa shape index (κ1) is 13.4. The van der Waals surface area contributed by atoms with Crippen LogP contribution in [0.1, 0.15) is 23.2 Å². The highest BCUT2D eigenvalue weighted by Gasteiger charge is 2.47. The lowest BCUT2D eigenvalue weighted by molar-refractivity contribution is -0.138. The van der Waals surface area contributed by atoms with Gasteiger partial charge in [-0.15, -0.1) is 0 Å². The number of allylic oxidation sites excluding steroid dienone is 2. The van der Waals surface area contributed by atoms with Crippen LogP contribution in [0.5, 0.6) is 0 Å². The number of anilines is 1. The van der Waals surface area contributed by atoms with Crippen molar-refractivity contribution in [2.45, 2.75) is 12.8 Å². The summed E-state index contributed by atoms with van der Waals surface area (Å²) in [5.41, 5.74) is 3.24. The SMILES string of the molecule is O=C(O)c1cccc(NN2C(=O)C3CC=CCC3C2=O)c1. The Bertz CT molecular complexity index is 627. The van der Waals surface area contributed by atoms with E-state index in [9.17, 15) is 14.4 Å². The van der Waals surface area contributed by atoms with Crippen molar-refractivity contribution in [3.8, 4) is 0 Å².